The molecule has 48 heavy (non-hydrogen) atoms. The number of nitrogens with one attached hydrogen (secondary N) is 2. The van der Waals surface area contributed by atoms with Crippen LogP contribution in [-0.2, 0) is 45.1 Å². The summed E-state index contributed by atoms with van der Waals surface area (Å²) in [5.41, 5.74) is -3.64. The van der Waals surface area contributed by atoms with Gasteiger partial charge in [0.1, 0.15) is 36.6 Å². The first-order chi connectivity index (χ1) is 22.2. The van der Waals surface area contributed by atoms with E-state index in [1.807, 2.05) is 9.97 Å². The van der Waals surface area contributed by atoms with Crippen molar-refractivity contribution in [3.63, 3.8) is 0 Å². The van der Waals surface area contributed by atoms with Crippen LogP contribution in [0.5, 0.6) is 0 Å². The fourth-order valence-electron chi connectivity index (χ4n) is 4.18. The van der Waals surface area contributed by atoms with Gasteiger partial charge in [0.2, 0.25) is 0 Å². The average molecular weight is 774 g/mol. The first kappa shape index (κ1) is 38.7. The van der Waals surface area contributed by atoms with Crippen LogP contribution in [0.15, 0.2) is 43.7 Å². The van der Waals surface area contributed by atoms with Gasteiger partial charge in [-0.15, -0.1) is 0 Å². The summed E-state index contributed by atoms with van der Waals surface area (Å²) in [7, 11) is -21.2. The van der Waals surface area contributed by atoms with E-state index in [1.54, 1.807) is 0 Å². The van der Waals surface area contributed by atoms with Crippen molar-refractivity contribution >= 4 is 32.1 Å². The van der Waals surface area contributed by atoms with Gasteiger partial charge in [-0.2, -0.15) is 8.62 Å². The minimum atomic E-state index is -6.08. The molecule has 0 amide bonds. The molecule has 10 N–H and O–H groups in total. The summed E-state index contributed by atoms with van der Waals surface area (Å²) in [5.74, 6) is 0. The molecule has 0 aromatic carbocycles. The van der Waals surface area contributed by atoms with Crippen LogP contribution >= 0.6 is 32.1 Å². The molecule has 26 nitrogen and oxygen atoms in total. The van der Waals surface area contributed by atoms with E-state index in [9.17, 15) is 72.9 Å². The number of H-pyrrole nitrogens is 2. The molecular formula is C18H26N4O22P4. The Bertz CT molecular complexity index is 1850. The Balaban J connectivity index is 1.27. The molecule has 4 heterocycles. The topological polar surface area (TPSA) is 387 Å². The second kappa shape index (κ2) is 15.0. The van der Waals surface area contributed by atoms with Crippen molar-refractivity contribution in [3.05, 3.63) is 66.2 Å². The molecule has 2 aliphatic heterocycles. The molecule has 2 aromatic rings. The smallest absolute Gasteiger partial charge is 0.387 e. The summed E-state index contributed by atoms with van der Waals surface area (Å²) in [6.07, 6.45) is -11.8. The number of rotatable bonds is 14. The standard InChI is InChI=1S/C18H26N4O22P4/c23-9-1-3-21(17(29)19-9)15-13(27)11(25)7(40-15)5-38-45(31)42-47(34,35)44-48(36,37)43-46(32,33)39-6-8-12(26)14(28)16(41-8)22-4-2-10(24)20-18(22)30/h1-4,7-8,11-16,25-28,31H,5-6H2,(H,32,33)(H,34,35)(H,36,37)(H,19,23,29)(H,20,24,30)/t7-,8-,11-,12-,13-,14-,15-,16-,45-/m1/s1. The highest BCUT2D eigenvalue weighted by Crippen LogP contribution is 2.70. The Morgan fingerprint density at radius 2 is 1.15 bits per heavy atom. The monoisotopic (exact) mass is 774 g/mol. The van der Waals surface area contributed by atoms with Crippen LogP contribution in [0.4, 0.5) is 0 Å². The van der Waals surface area contributed by atoms with Crippen LogP contribution in [-0.4, -0.2) is 109 Å². The predicted octanol–water partition coefficient (Wildman–Crippen LogP) is -4.07. The average Bonchev–Trinajstić information content (AvgIpc) is 3.39. The third-order valence-corrected chi connectivity index (χ3v) is 11.8. The van der Waals surface area contributed by atoms with Gasteiger partial charge in [-0.1, -0.05) is 0 Å². The van der Waals surface area contributed by atoms with Gasteiger partial charge in [-0.05, 0) is 0 Å². The number of hydrogen-bond donors (Lipinski definition) is 10. The molecule has 0 bridgehead atoms. The van der Waals surface area contributed by atoms with Gasteiger partial charge in [0, 0.05) is 24.5 Å². The van der Waals surface area contributed by atoms with Crippen LogP contribution < -0.4 is 22.5 Å². The highest BCUT2D eigenvalue weighted by molar-refractivity contribution is 7.69. The molecule has 30 heteroatoms. The fraction of sp³-hybridized carbons (Fsp3) is 0.556. The van der Waals surface area contributed by atoms with Crippen LogP contribution in [0.2, 0.25) is 0 Å². The van der Waals surface area contributed by atoms with E-state index in [1.165, 1.54) is 0 Å². The van der Waals surface area contributed by atoms with Crippen LogP contribution in [0.25, 0.3) is 0 Å². The number of aliphatic hydroxyl groups excluding tert-OH is 4. The van der Waals surface area contributed by atoms with Gasteiger partial charge in [-0.3, -0.25) is 33.2 Å². The number of aromatic nitrogens is 4. The van der Waals surface area contributed by atoms with E-state index >= 15 is 0 Å². The van der Waals surface area contributed by atoms with Crippen LogP contribution in [0, 0.1) is 0 Å². The van der Waals surface area contributed by atoms with Crippen LogP contribution in [0.1, 0.15) is 12.5 Å². The van der Waals surface area contributed by atoms with Gasteiger partial charge in [0.25, 0.3) is 11.1 Å². The highest BCUT2D eigenvalue weighted by Gasteiger charge is 2.48. The first-order valence-electron chi connectivity index (χ1n) is 12.7. The van der Waals surface area contributed by atoms with Gasteiger partial charge in [0.15, 0.2) is 12.5 Å². The number of aromatic amines is 2. The third kappa shape index (κ3) is 9.56. The summed E-state index contributed by atoms with van der Waals surface area (Å²) >= 11 is 0. The fourth-order valence-corrected chi connectivity index (χ4v) is 8.73. The lowest BCUT2D eigenvalue weighted by atomic mass is 10.1. The van der Waals surface area contributed by atoms with Gasteiger partial charge >= 0.3 is 43.4 Å². The maximum absolute atomic E-state index is 12.2. The summed E-state index contributed by atoms with van der Waals surface area (Å²) in [4.78, 5) is 89.2. The lowest BCUT2D eigenvalue weighted by molar-refractivity contribution is -0.0542. The Labute approximate surface area is 265 Å². The molecule has 4 rings (SSSR count). The van der Waals surface area contributed by atoms with E-state index in [4.69, 9.17) is 14.0 Å². The number of nitrogens with zero attached hydrogens (tertiary/aromatic N) is 2. The largest absolute Gasteiger partial charge is 0.490 e. The van der Waals surface area contributed by atoms with Crippen molar-refractivity contribution in [2.45, 2.75) is 49.1 Å². The molecule has 0 spiro atoms. The summed E-state index contributed by atoms with van der Waals surface area (Å²) in [5, 5.41) is 40.7. The minimum Gasteiger partial charge on any atom is -0.387 e. The van der Waals surface area contributed by atoms with E-state index in [-0.39, 0.29) is 0 Å². The Morgan fingerprint density at radius 3 is 1.60 bits per heavy atom. The van der Waals surface area contributed by atoms with E-state index in [0.29, 0.717) is 9.13 Å². The molecule has 2 fully saturated rings. The second-order valence-electron chi connectivity index (χ2n) is 9.61. The Hall–Kier alpha value is -2.12. The van der Waals surface area contributed by atoms with Gasteiger partial charge in [-0.25, -0.2) is 27.6 Å². The summed E-state index contributed by atoms with van der Waals surface area (Å²) < 4.78 is 69.3. The molecule has 270 valence electrons. The maximum atomic E-state index is 12.2. The molecule has 0 radical (unpaired) electrons. The van der Waals surface area contributed by atoms with Crippen LogP contribution in [0.3, 0.4) is 0 Å². The van der Waals surface area contributed by atoms with E-state index in [0.717, 1.165) is 24.5 Å². The lowest BCUT2D eigenvalue weighted by Gasteiger charge is -2.21. The second-order valence-corrected chi connectivity index (χ2v) is 15.4. The number of hydrogen-bond acceptors (Lipinski definition) is 19. The molecule has 12 atom stereocenters. The number of aliphatic hydroxyl groups is 4. The van der Waals surface area contributed by atoms with E-state index in [2.05, 4.69) is 17.5 Å². The molecule has 2 saturated heterocycles. The molecule has 2 aliphatic rings. The highest BCUT2D eigenvalue weighted by atomic mass is 31.3. The predicted molar refractivity (Wildman–Crippen MR) is 148 cm³/mol. The summed E-state index contributed by atoms with van der Waals surface area (Å²) in [6, 6.07) is 1.80. The zero-order valence-electron chi connectivity index (χ0n) is 23.3. The minimum absolute atomic E-state index is 0.665. The Kier molecular flexibility index (Phi) is 12.1. The van der Waals surface area contributed by atoms with E-state index < -0.39 is 117 Å². The number of ether oxygens (including phenoxy) is 2. The zero-order valence-corrected chi connectivity index (χ0v) is 26.9. The zero-order chi connectivity index (χ0) is 35.8. The van der Waals surface area contributed by atoms with Crippen molar-refractivity contribution in [2.24, 2.45) is 0 Å². The molecule has 0 aliphatic carbocycles. The van der Waals surface area contributed by atoms with Crippen molar-refractivity contribution in [1.82, 2.24) is 19.1 Å². The lowest BCUT2D eigenvalue weighted by Crippen LogP contribution is -2.37. The number of phosphoric acid groups is 3. The quantitative estimate of drug-likeness (QED) is 0.0816. The third-order valence-electron chi connectivity index (χ3n) is 6.26. The van der Waals surface area contributed by atoms with Crippen molar-refractivity contribution < 1.29 is 85.1 Å². The van der Waals surface area contributed by atoms with Crippen molar-refractivity contribution in [3.8, 4) is 0 Å². The number of phosphoric ester groups is 1. The maximum Gasteiger partial charge on any atom is 0.490 e. The molecule has 0 saturated carbocycles. The molecule has 3 unspecified atom stereocenters. The van der Waals surface area contributed by atoms with Gasteiger partial charge < -0.3 is 54.0 Å². The molecule has 2 aromatic heterocycles. The van der Waals surface area contributed by atoms with Crippen molar-refractivity contribution in [1.29, 1.82) is 0 Å². The SMILES string of the molecule is O=c1ccn([C@@H]2O[C@H](CO[P@@](O)OP(=O)(O)OP(=O)(O)OP(=O)(O)OC[C@H]3O[C@@H](n4ccc(=O)[nH]c4=O)[C@H](O)[C@@H]3O)[C@@H](O)[C@H]2O)c(=O)[nH]1. The van der Waals surface area contributed by atoms with Gasteiger partial charge in [0.05, 0.1) is 13.2 Å². The molecular weight excluding hydrogens is 748 g/mol. The van der Waals surface area contributed by atoms with Crippen molar-refractivity contribution in [2.75, 3.05) is 13.2 Å². The Morgan fingerprint density at radius 1 is 0.708 bits per heavy atom. The first-order valence-corrected chi connectivity index (χ1v) is 18.3. The normalized spacial score (nSPS) is 31.9. The summed E-state index contributed by atoms with van der Waals surface area (Å²) in [6.45, 7) is -2.06.